The fourth-order valence-electron chi connectivity index (χ4n) is 1.29. The average molecular weight is 240 g/mol. The van der Waals surface area contributed by atoms with Crippen molar-refractivity contribution >= 4 is 12.0 Å². The first kappa shape index (κ1) is 13.4. The summed E-state index contributed by atoms with van der Waals surface area (Å²) in [5.74, 6) is -1.27. The first-order valence-electron chi connectivity index (χ1n) is 5.40. The number of benzene rings is 1. The van der Waals surface area contributed by atoms with Gasteiger partial charge in [-0.2, -0.15) is 0 Å². The van der Waals surface area contributed by atoms with E-state index in [1.165, 1.54) is 6.08 Å². The molecule has 0 aliphatic rings. The largest absolute Gasteiger partial charge is 0.466 e. The van der Waals surface area contributed by atoms with Crippen molar-refractivity contribution in [3.63, 3.8) is 0 Å². The van der Waals surface area contributed by atoms with Crippen molar-refractivity contribution in [2.24, 2.45) is 0 Å². The second-order valence-corrected chi connectivity index (χ2v) is 3.41. The Labute approximate surface area is 98.9 Å². The molecule has 2 nitrogen and oxygen atoms in total. The molecule has 0 amide bonds. The van der Waals surface area contributed by atoms with E-state index >= 15 is 0 Å². The first-order chi connectivity index (χ1) is 8.13. The molecular formula is C13H14F2O2. The zero-order chi connectivity index (χ0) is 12.7. The standard InChI is InChI=1S/C13H14F2O2/c1-2-17-13(16)6-4-3-5-10-9-11(14)7-8-12(10)15/h3,5,7-9H,2,4,6H2,1H3. The normalized spacial score (nSPS) is 10.8. The van der Waals surface area contributed by atoms with Crippen LogP contribution in [0, 0.1) is 11.6 Å². The third-order valence-corrected chi connectivity index (χ3v) is 2.08. The Kier molecular flexibility index (Phi) is 5.33. The number of ether oxygens (including phenoxy) is 1. The van der Waals surface area contributed by atoms with Crippen LogP contribution in [0.25, 0.3) is 6.08 Å². The van der Waals surface area contributed by atoms with E-state index in [9.17, 15) is 13.6 Å². The van der Waals surface area contributed by atoms with E-state index < -0.39 is 11.6 Å². The van der Waals surface area contributed by atoms with Crippen LogP contribution in [-0.4, -0.2) is 12.6 Å². The van der Waals surface area contributed by atoms with Crippen molar-refractivity contribution in [2.75, 3.05) is 6.61 Å². The summed E-state index contributed by atoms with van der Waals surface area (Å²) in [7, 11) is 0. The summed E-state index contributed by atoms with van der Waals surface area (Å²) in [6, 6.07) is 3.24. The van der Waals surface area contributed by atoms with Gasteiger partial charge in [-0.15, -0.1) is 0 Å². The van der Waals surface area contributed by atoms with Gasteiger partial charge in [-0.1, -0.05) is 12.2 Å². The van der Waals surface area contributed by atoms with E-state index in [4.69, 9.17) is 4.74 Å². The summed E-state index contributed by atoms with van der Waals surface area (Å²) in [5.41, 5.74) is 0.175. The maximum atomic E-state index is 13.2. The molecule has 1 rings (SSSR count). The molecule has 0 aliphatic carbocycles. The number of allylic oxidation sites excluding steroid dienone is 1. The molecule has 0 saturated heterocycles. The summed E-state index contributed by atoms with van der Waals surface area (Å²) >= 11 is 0. The summed E-state index contributed by atoms with van der Waals surface area (Å²) in [4.78, 5) is 11.0. The van der Waals surface area contributed by atoms with Gasteiger partial charge in [0, 0.05) is 12.0 Å². The minimum atomic E-state index is -0.489. The lowest BCUT2D eigenvalue weighted by molar-refractivity contribution is -0.142. The molecule has 0 saturated carbocycles. The van der Waals surface area contributed by atoms with Crippen LogP contribution >= 0.6 is 0 Å². The zero-order valence-electron chi connectivity index (χ0n) is 9.58. The topological polar surface area (TPSA) is 26.3 Å². The van der Waals surface area contributed by atoms with Gasteiger partial charge >= 0.3 is 5.97 Å². The zero-order valence-corrected chi connectivity index (χ0v) is 9.58. The first-order valence-corrected chi connectivity index (χ1v) is 5.40. The third kappa shape index (κ3) is 4.76. The van der Waals surface area contributed by atoms with Gasteiger partial charge in [0.1, 0.15) is 11.6 Å². The predicted molar refractivity (Wildman–Crippen MR) is 61.3 cm³/mol. The van der Waals surface area contributed by atoms with Crippen molar-refractivity contribution in [3.05, 3.63) is 41.5 Å². The minimum Gasteiger partial charge on any atom is -0.466 e. The monoisotopic (exact) mass is 240 g/mol. The summed E-state index contributed by atoms with van der Waals surface area (Å²) < 4.78 is 30.7. The molecule has 0 N–H and O–H groups in total. The van der Waals surface area contributed by atoms with Gasteiger partial charge in [0.15, 0.2) is 0 Å². The molecule has 0 fully saturated rings. The van der Waals surface area contributed by atoms with Crippen molar-refractivity contribution in [3.8, 4) is 0 Å². The molecule has 92 valence electrons. The molecule has 0 aromatic heterocycles. The highest BCUT2D eigenvalue weighted by atomic mass is 19.1. The lowest BCUT2D eigenvalue weighted by Crippen LogP contribution is -2.02. The molecule has 0 heterocycles. The Balaban J connectivity index is 2.48. The smallest absolute Gasteiger partial charge is 0.306 e. The van der Waals surface area contributed by atoms with Crippen LogP contribution in [-0.2, 0) is 9.53 Å². The van der Waals surface area contributed by atoms with Crippen molar-refractivity contribution in [2.45, 2.75) is 19.8 Å². The summed E-state index contributed by atoms with van der Waals surface area (Å²) in [5, 5.41) is 0. The second-order valence-electron chi connectivity index (χ2n) is 3.41. The van der Waals surface area contributed by atoms with Crippen LogP contribution in [0.2, 0.25) is 0 Å². The Morgan fingerprint density at radius 2 is 2.18 bits per heavy atom. The summed E-state index contributed by atoms with van der Waals surface area (Å²) in [6.45, 7) is 2.08. The molecule has 4 heteroatoms. The Hall–Kier alpha value is -1.71. The average Bonchev–Trinajstić information content (AvgIpc) is 2.29. The maximum absolute atomic E-state index is 13.2. The van der Waals surface area contributed by atoms with E-state index in [-0.39, 0.29) is 18.0 Å². The van der Waals surface area contributed by atoms with Gasteiger partial charge in [-0.3, -0.25) is 4.79 Å². The highest BCUT2D eigenvalue weighted by molar-refractivity contribution is 5.69. The quantitative estimate of drug-likeness (QED) is 0.738. The minimum absolute atomic E-state index is 0.175. The molecule has 0 unspecified atom stereocenters. The Bertz CT molecular complexity index is 414. The van der Waals surface area contributed by atoms with Gasteiger partial charge in [-0.25, -0.2) is 8.78 Å². The van der Waals surface area contributed by atoms with E-state index in [0.29, 0.717) is 13.0 Å². The molecule has 0 bridgehead atoms. The van der Waals surface area contributed by atoms with Crippen molar-refractivity contribution < 1.29 is 18.3 Å². The number of rotatable bonds is 5. The maximum Gasteiger partial charge on any atom is 0.306 e. The molecule has 17 heavy (non-hydrogen) atoms. The van der Waals surface area contributed by atoms with Gasteiger partial charge in [0.2, 0.25) is 0 Å². The molecule has 0 spiro atoms. The molecule has 1 aromatic rings. The van der Waals surface area contributed by atoms with Crippen molar-refractivity contribution in [1.82, 2.24) is 0 Å². The SMILES string of the molecule is CCOC(=O)CCC=Cc1cc(F)ccc1F. The van der Waals surface area contributed by atoms with Crippen molar-refractivity contribution in [1.29, 1.82) is 0 Å². The van der Waals surface area contributed by atoms with Crippen LogP contribution < -0.4 is 0 Å². The highest BCUT2D eigenvalue weighted by Gasteiger charge is 2.01. The van der Waals surface area contributed by atoms with E-state index in [0.717, 1.165) is 18.2 Å². The Morgan fingerprint density at radius 1 is 1.41 bits per heavy atom. The van der Waals surface area contributed by atoms with E-state index in [2.05, 4.69) is 0 Å². The molecule has 0 aliphatic heterocycles. The lowest BCUT2D eigenvalue weighted by Gasteiger charge is -1.99. The van der Waals surface area contributed by atoms with Crippen LogP contribution in [0.5, 0.6) is 0 Å². The van der Waals surface area contributed by atoms with Gasteiger partial charge in [0.05, 0.1) is 6.61 Å². The van der Waals surface area contributed by atoms with E-state index in [1.54, 1.807) is 13.0 Å². The molecule has 0 radical (unpaired) electrons. The molecule has 0 atom stereocenters. The molecule has 1 aromatic carbocycles. The second kappa shape index (κ2) is 6.78. The number of hydrogen-bond acceptors (Lipinski definition) is 2. The lowest BCUT2D eigenvalue weighted by atomic mass is 10.1. The highest BCUT2D eigenvalue weighted by Crippen LogP contribution is 2.12. The van der Waals surface area contributed by atoms with Gasteiger partial charge in [-0.05, 0) is 31.5 Å². The fourth-order valence-corrected chi connectivity index (χ4v) is 1.29. The molecular weight excluding hydrogens is 226 g/mol. The Morgan fingerprint density at radius 3 is 2.88 bits per heavy atom. The van der Waals surface area contributed by atoms with Gasteiger partial charge < -0.3 is 4.74 Å². The van der Waals surface area contributed by atoms with Crippen LogP contribution in [0.1, 0.15) is 25.3 Å². The number of carbonyl (C=O) groups excluding carboxylic acids is 1. The number of esters is 1. The fraction of sp³-hybridized carbons (Fsp3) is 0.308. The van der Waals surface area contributed by atoms with Crippen LogP contribution in [0.3, 0.4) is 0 Å². The van der Waals surface area contributed by atoms with Crippen LogP contribution in [0.4, 0.5) is 8.78 Å². The number of carbonyl (C=O) groups is 1. The third-order valence-electron chi connectivity index (χ3n) is 2.08. The van der Waals surface area contributed by atoms with Gasteiger partial charge in [0.25, 0.3) is 0 Å². The van der Waals surface area contributed by atoms with Crippen LogP contribution in [0.15, 0.2) is 24.3 Å². The number of hydrogen-bond donors (Lipinski definition) is 0. The van der Waals surface area contributed by atoms with E-state index in [1.807, 2.05) is 0 Å². The number of halogens is 2. The predicted octanol–water partition coefficient (Wildman–Crippen LogP) is 3.32. The summed E-state index contributed by atoms with van der Waals surface area (Å²) in [6.07, 6.45) is 3.75.